The average molecular weight is 528 g/mol. The molecule has 0 radical (unpaired) electrons. The van der Waals surface area contributed by atoms with Gasteiger partial charge in [0.1, 0.15) is 18.9 Å². The van der Waals surface area contributed by atoms with Gasteiger partial charge in [-0.25, -0.2) is 15.0 Å². The number of hydrogen-bond donors (Lipinski definition) is 1. The van der Waals surface area contributed by atoms with Crippen LogP contribution in [0.25, 0.3) is 22.5 Å². The molecule has 166 valence electrons. The molecule has 4 rings (SSSR count). The minimum Gasteiger partial charge on any atom is -0.473 e. The zero-order valence-corrected chi connectivity index (χ0v) is 19.3. The number of ether oxygens (including phenoxy) is 2. The standard InChI is InChI=1S/C22H16BrClN6O3/c23-15-11-27-22(28-12-15)33-10-9-32-21-17(13-1-3-16(24)4-2-13)18(19(25)31)29-20(30-21)14-5-7-26-8-6-14/h1-8,11-12H,9-10H2,(H2,25,31). The molecule has 0 fully saturated rings. The maximum atomic E-state index is 12.3. The number of benzene rings is 1. The molecule has 0 atom stereocenters. The molecule has 3 heterocycles. The van der Waals surface area contributed by atoms with Gasteiger partial charge in [0.25, 0.3) is 5.91 Å². The lowest BCUT2D eigenvalue weighted by Gasteiger charge is -2.15. The van der Waals surface area contributed by atoms with Crippen LogP contribution in [0, 0.1) is 0 Å². The highest BCUT2D eigenvalue weighted by molar-refractivity contribution is 9.10. The molecule has 3 aromatic heterocycles. The highest BCUT2D eigenvalue weighted by Crippen LogP contribution is 2.34. The van der Waals surface area contributed by atoms with Crippen molar-refractivity contribution >= 4 is 33.4 Å². The van der Waals surface area contributed by atoms with Crippen LogP contribution in [-0.2, 0) is 0 Å². The lowest BCUT2D eigenvalue weighted by atomic mass is 10.0. The van der Waals surface area contributed by atoms with E-state index < -0.39 is 5.91 Å². The van der Waals surface area contributed by atoms with Gasteiger partial charge in [0.15, 0.2) is 5.82 Å². The Labute approximate surface area is 202 Å². The second kappa shape index (κ2) is 10.3. The van der Waals surface area contributed by atoms with Gasteiger partial charge in [0.05, 0.1) is 10.0 Å². The third-order valence-corrected chi connectivity index (χ3v) is 4.99. The Hall–Kier alpha value is -3.63. The van der Waals surface area contributed by atoms with Gasteiger partial charge in [-0.2, -0.15) is 4.98 Å². The largest absolute Gasteiger partial charge is 0.473 e. The maximum Gasteiger partial charge on any atom is 0.316 e. The van der Waals surface area contributed by atoms with Gasteiger partial charge in [0.2, 0.25) is 5.88 Å². The van der Waals surface area contributed by atoms with Gasteiger partial charge in [-0.15, -0.1) is 0 Å². The van der Waals surface area contributed by atoms with Crippen molar-refractivity contribution in [1.29, 1.82) is 0 Å². The summed E-state index contributed by atoms with van der Waals surface area (Å²) in [7, 11) is 0. The van der Waals surface area contributed by atoms with Crippen molar-refractivity contribution in [3.05, 3.63) is 76.4 Å². The average Bonchev–Trinajstić information content (AvgIpc) is 2.83. The van der Waals surface area contributed by atoms with Gasteiger partial charge in [-0.1, -0.05) is 23.7 Å². The zero-order valence-electron chi connectivity index (χ0n) is 17.0. The lowest BCUT2D eigenvalue weighted by molar-refractivity contribution is 0.0995. The summed E-state index contributed by atoms with van der Waals surface area (Å²) in [6.45, 7) is 0.243. The Bertz CT molecular complexity index is 1260. The van der Waals surface area contributed by atoms with E-state index in [-0.39, 0.29) is 36.6 Å². The van der Waals surface area contributed by atoms with Crippen molar-refractivity contribution in [3.63, 3.8) is 0 Å². The van der Waals surface area contributed by atoms with E-state index in [1.54, 1.807) is 61.2 Å². The number of hydrogen-bond acceptors (Lipinski definition) is 8. The summed E-state index contributed by atoms with van der Waals surface area (Å²) < 4.78 is 12.2. The van der Waals surface area contributed by atoms with E-state index in [9.17, 15) is 4.79 Å². The Morgan fingerprint density at radius 1 is 0.939 bits per heavy atom. The fourth-order valence-electron chi connectivity index (χ4n) is 2.88. The highest BCUT2D eigenvalue weighted by Gasteiger charge is 2.22. The van der Waals surface area contributed by atoms with Crippen LogP contribution in [0.1, 0.15) is 10.5 Å². The van der Waals surface area contributed by atoms with Crippen LogP contribution >= 0.6 is 27.5 Å². The molecule has 2 N–H and O–H groups in total. The quantitative estimate of drug-likeness (QED) is 0.341. The SMILES string of the molecule is NC(=O)c1nc(-c2ccncc2)nc(OCCOc2ncc(Br)cn2)c1-c1ccc(Cl)cc1. The van der Waals surface area contributed by atoms with Gasteiger partial charge >= 0.3 is 6.01 Å². The first-order valence-corrected chi connectivity index (χ1v) is 10.8. The predicted octanol–water partition coefficient (Wildman–Crippen LogP) is 3.97. The van der Waals surface area contributed by atoms with Crippen LogP contribution in [0.4, 0.5) is 0 Å². The van der Waals surface area contributed by atoms with Crippen molar-refractivity contribution in [3.8, 4) is 34.4 Å². The Morgan fingerprint density at radius 3 is 2.27 bits per heavy atom. The molecular weight excluding hydrogens is 512 g/mol. The molecule has 0 aliphatic heterocycles. The topological polar surface area (TPSA) is 126 Å². The summed E-state index contributed by atoms with van der Waals surface area (Å²) in [5.74, 6) is -0.272. The molecule has 11 heteroatoms. The van der Waals surface area contributed by atoms with Crippen LogP contribution in [0.3, 0.4) is 0 Å². The molecule has 0 bridgehead atoms. The van der Waals surface area contributed by atoms with Gasteiger partial charge < -0.3 is 15.2 Å². The number of primary amides is 1. The van der Waals surface area contributed by atoms with Gasteiger partial charge in [0, 0.05) is 35.4 Å². The summed E-state index contributed by atoms with van der Waals surface area (Å²) in [5, 5.41) is 0.541. The molecule has 1 aromatic carbocycles. The van der Waals surface area contributed by atoms with E-state index in [1.807, 2.05) is 0 Å². The van der Waals surface area contributed by atoms with E-state index in [2.05, 4.69) is 40.8 Å². The lowest BCUT2D eigenvalue weighted by Crippen LogP contribution is -2.18. The smallest absolute Gasteiger partial charge is 0.316 e. The molecule has 33 heavy (non-hydrogen) atoms. The second-order valence-corrected chi connectivity index (χ2v) is 7.92. The molecule has 0 aliphatic carbocycles. The van der Waals surface area contributed by atoms with E-state index in [0.717, 1.165) is 4.47 Å². The Morgan fingerprint density at radius 2 is 1.61 bits per heavy atom. The molecule has 0 saturated carbocycles. The van der Waals surface area contributed by atoms with Crippen molar-refractivity contribution in [1.82, 2.24) is 24.9 Å². The molecule has 0 saturated heterocycles. The first kappa shape index (κ1) is 22.6. The summed E-state index contributed by atoms with van der Waals surface area (Å²) >= 11 is 9.29. The van der Waals surface area contributed by atoms with Crippen LogP contribution in [0.5, 0.6) is 11.9 Å². The predicted molar refractivity (Wildman–Crippen MR) is 125 cm³/mol. The summed E-state index contributed by atoms with van der Waals surface area (Å²) in [6.07, 6.45) is 6.35. The van der Waals surface area contributed by atoms with E-state index in [1.165, 1.54) is 0 Å². The van der Waals surface area contributed by atoms with Crippen LogP contribution < -0.4 is 15.2 Å². The summed E-state index contributed by atoms with van der Waals surface area (Å²) in [6, 6.07) is 10.5. The monoisotopic (exact) mass is 526 g/mol. The van der Waals surface area contributed by atoms with Crippen LogP contribution in [0.15, 0.2) is 65.7 Å². The zero-order chi connectivity index (χ0) is 23.2. The Kier molecular flexibility index (Phi) is 7.06. The summed E-state index contributed by atoms with van der Waals surface area (Å²) in [5.41, 5.74) is 7.33. The molecular formula is C22H16BrClN6O3. The fourth-order valence-corrected chi connectivity index (χ4v) is 3.21. The number of pyridine rings is 1. The second-order valence-electron chi connectivity index (χ2n) is 6.56. The van der Waals surface area contributed by atoms with Crippen molar-refractivity contribution < 1.29 is 14.3 Å². The minimum atomic E-state index is -0.720. The number of halogens is 2. The minimum absolute atomic E-state index is 0.0197. The maximum absolute atomic E-state index is 12.3. The first-order chi connectivity index (χ1) is 16.0. The first-order valence-electron chi connectivity index (χ1n) is 9.62. The van der Waals surface area contributed by atoms with Crippen LogP contribution in [0.2, 0.25) is 5.02 Å². The number of rotatable bonds is 8. The molecule has 9 nitrogen and oxygen atoms in total. The van der Waals surface area contributed by atoms with Crippen molar-refractivity contribution in [2.75, 3.05) is 13.2 Å². The fraction of sp³-hybridized carbons (Fsp3) is 0.0909. The van der Waals surface area contributed by atoms with E-state index >= 15 is 0 Å². The number of carbonyl (C=O) groups is 1. The van der Waals surface area contributed by atoms with Crippen molar-refractivity contribution in [2.24, 2.45) is 5.73 Å². The van der Waals surface area contributed by atoms with Crippen LogP contribution in [-0.4, -0.2) is 44.0 Å². The normalized spacial score (nSPS) is 10.6. The molecule has 4 aromatic rings. The molecule has 0 unspecified atom stereocenters. The molecule has 0 spiro atoms. The number of nitrogens with zero attached hydrogens (tertiary/aromatic N) is 5. The molecule has 0 aliphatic rings. The van der Waals surface area contributed by atoms with Crippen molar-refractivity contribution in [2.45, 2.75) is 0 Å². The van der Waals surface area contributed by atoms with E-state index in [0.29, 0.717) is 21.7 Å². The highest BCUT2D eigenvalue weighted by atomic mass is 79.9. The van der Waals surface area contributed by atoms with Gasteiger partial charge in [-0.05, 0) is 45.8 Å². The molecule has 1 amide bonds. The number of aromatic nitrogens is 5. The van der Waals surface area contributed by atoms with Gasteiger partial charge in [-0.3, -0.25) is 9.78 Å². The third kappa shape index (κ3) is 5.60. The number of amides is 1. The Balaban J connectivity index is 1.68. The third-order valence-electron chi connectivity index (χ3n) is 4.33. The number of carbonyl (C=O) groups excluding carboxylic acids is 1. The number of nitrogens with two attached hydrogens (primary N) is 1. The van der Waals surface area contributed by atoms with E-state index in [4.69, 9.17) is 26.8 Å². The summed E-state index contributed by atoms with van der Waals surface area (Å²) in [4.78, 5) is 33.4.